The summed E-state index contributed by atoms with van der Waals surface area (Å²) in [5.41, 5.74) is 0.143. The van der Waals surface area contributed by atoms with E-state index in [1.54, 1.807) is 0 Å². The monoisotopic (exact) mass is 279 g/mol. The van der Waals surface area contributed by atoms with Crippen LogP contribution in [-0.2, 0) is 0 Å². The SMILES string of the molecule is O=C1NC(=O)c2c1ccc(F)c2SC(Cl)Cl. The topological polar surface area (TPSA) is 46.2 Å². The summed E-state index contributed by atoms with van der Waals surface area (Å²) in [6.07, 6.45) is 0. The molecule has 0 radical (unpaired) electrons. The van der Waals surface area contributed by atoms with Crippen LogP contribution in [0, 0.1) is 5.82 Å². The van der Waals surface area contributed by atoms with Crippen molar-refractivity contribution in [1.29, 1.82) is 0 Å². The van der Waals surface area contributed by atoms with E-state index < -0.39 is 21.8 Å². The second-order valence-electron chi connectivity index (χ2n) is 2.96. The molecule has 2 amide bonds. The van der Waals surface area contributed by atoms with Crippen LogP contribution in [0.3, 0.4) is 0 Å². The molecule has 0 fully saturated rings. The largest absolute Gasteiger partial charge is 0.288 e. The maximum atomic E-state index is 13.5. The first-order valence-corrected chi connectivity index (χ1v) is 5.89. The fourth-order valence-corrected chi connectivity index (χ4v) is 2.62. The van der Waals surface area contributed by atoms with Crippen molar-refractivity contribution >= 4 is 46.8 Å². The van der Waals surface area contributed by atoms with Gasteiger partial charge in [0.15, 0.2) is 4.17 Å². The molecule has 0 aromatic heterocycles. The normalized spacial score (nSPS) is 14.2. The minimum absolute atomic E-state index is 0.00120. The number of imide groups is 1. The van der Waals surface area contributed by atoms with Gasteiger partial charge in [0.2, 0.25) is 0 Å². The summed E-state index contributed by atoms with van der Waals surface area (Å²) in [6.45, 7) is 0. The first kappa shape index (κ1) is 11.7. The van der Waals surface area contributed by atoms with E-state index in [0.29, 0.717) is 0 Å². The average molecular weight is 280 g/mol. The van der Waals surface area contributed by atoms with Gasteiger partial charge in [-0.15, -0.1) is 0 Å². The molecule has 1 heterocycles. The van der Waals surface area contributed by atoms with Crippen molar-refractivity contribution < 1.29 is 14.0 Å². The number of amides is 2. The number of carbonyl (C=O) groups is 2. The van der Waals surface area contributed by atoms with Gasteiger partial charge in [0.05, 0.1) is 16.0 Å². The van der Waals surface area contributed by atoms with E-state index in [0.717, 1.165) is 17.8 Å². The Morgan fingerprint density at radius 2 is 1.94 bits per heavy atom. The van der Waals surface area contributed by atoms with Crippen LogP contribution >= 0.6 is 35.0 Å². The summed E-state index contributed by atoms with van der Waals surface area (Å²) in [4.78, 5) is 22.7. The third kappa shape index (κ3) is 1.90. The summed E-state index contributed by atoms with van der Waals surface area (Å²) >= 11 is 11.8. The molecule has 0 atom stereocenters. The van der Waals surface area contributed by atoms with E-state index in [2.05, 4.69) is 5.32 Å². The minimum Gasteiger partial charge on any atom is -0.288 e. The highest BCUT2D eigenvalue weighted by Crippen LogP contribution is 2.36. The Hall–Kier alpha value is -0.780. The number of alkyl halides is 2. The summed E-state index contributed by atoms with van der Waals surface area (Å²) in [6, 6.07) is 2.36. The van der Waals surface area contributed by atoms with Gasteiger partial charge in [0.1, 0.15) is 5.82 Å². The molecule has 1 N–H and O–H groups in total. The number of hydrogen-bond acceptors (Lipinski definition) is 3. The fraction of sp³-hybridized carbons (Fsp3) is 0.111. The van der Waals surface area contributed by atoms with Gasteiger partial charge in [0.25, 0.3) is 11.8 Å². The number of benzene rings is 1. The average Bonchev–Trinajstić information content (AvgIpc) is 2.46. The first-order valence-electron chi connectivity index (χ1n) is 4.13. The number of hydrogen-bond donors (Lipinski definition) is 1. The Kier molecular flexibility index (Phi) is 3.10. The molecule has 0 unspecified atom stereocenters. The lowest BCUT2D eigenvalue weighted by molar-refractivity contribution is 0.0878. The molecule has 16 heavy (non-hydrogen) atoms. The van der Waals surface area contributed by atoms with Crippen LogP contribution in [0.25, 0.3) is 0 Å². The number of nitrogens with one attached hydrogen (secondary N) is 1. The highest BCUT2D eigenvalue weighted by molar-refractivity contribution is 8.02. The number of carbonyl (C=O) groups excluding carboxylic acids is 2. The molecule has 1 aromatic carbocycles. The fourth-order valence-electron chi connectivity index (χ4n) is 1.41. The van der Waals surface area contributed by atoms with Gasteiger partial charge in [-0.1, -0.05) is 35.0 Å². The van der Waals surface area contributed by atoms with E-state index >= 15 is 0 Å². The zero-order valence-corrected chi connectivity index (χ0v) is 9.92. The van der Waals surface area contributed by atoms with Gasteiger partial charge in [-0.25, -0.2) is 4.39 Å². The number of rotatable bonds is 2. The highest BCUT2D eigenvalue weighted by atomic mass is 35.5. The lowest BCUT2D eigenvalue weighted by Gasteiger charge is -2.06. The molecule has 1 aliphatic heterocycles. The second kappa shape index (κ2) is 4.24. The van der Waals surface area contributed by atoms with Crippen LogP contribution in [0.4, 0.5) is 4.39 Å². The molecular formula is C9H4Cl2FNO2S. The molecule has 0 aliphatic carbocycles. The third-order valence-corrected chi connectivity index (χ3v) is 3.36. The quantitative estimate of drug-likeness (QED) is 0.514. The molecule has 1 aromatic rings. The van der Waals surface area contributed by atoms with E-state index in [9.17, 15) is 14.0 Å². The predicted molar refractivity (Wildman–Crippen MR) is 59.5 cm³/mol. The van der Waals surface area contributed by atoms with Crippen LogP contribution in [0.5, 0.6) is 0 Å². The zero-order chi connectivity index (χ0) is 11.9. The van der Waals surface area contributed by atoms with Crippen molar-refractivity contribution in [3.63, 3.8) is 0 Å². The predicted octanol–water partition coefficient (Wildman–Crippen LogP) is 2.56. The highest BCUT2D eigenvalue weighted by Gasteiger charge is 2.31. The summed E-state index contributed by atoms with van der Waals surface area (Å²) < 4.78 is 12.6. The molecule has 1 aliphatic rings. The van der Waals surface area contributed by atoms with Crippen LogP contribution in [0.15, 0.2) is 17.0 Å². The molecule has 3 nitrogen and oxygen atoms in total. The molecule has 2 rings (SSSR count). The smallest absolute Gasteiger partial charge is 0.260 e. The van der Waals surface area contributed by atoms with Crippen molar-refractivity contribution in [3.05, 3.63) is 29.1 Å². The molecule has 0 saturated heterocycles. The Morgan fingerprint density at radius 1 is 1.25 bits per heavy atom. The van der Waals surface area contributed by atoms with Crippen molar-refractivity contribution in [1.82, 2.24) is 5.32 Å². The van der Waals surface area contributed by atoms with E-state index in [4.69, 9.17) is 23.2 Å². The lowest BCUT2D eigenvalue weighted by atomic mass is 10.1. The van der Waals surface area contributed by atoms with Gasteiger partial charge >= 0.3 is 0 Å². The van der Waals surface area contributed by atoms with Crippen molar-refractivity contribution in [2.75, 3.05) is 0 Å². The van der Waals surface area contributed by atoms with Gasteiger partial charge in [-0.3, -0.25) is 14.9 Å². The number of fused-ring (bicyclic) bond motifs is 1. The third-order valence-electron chi connectivity index (χ3n) is 2.02. The van der Waals surface area contributed by atoms with Crippen LogP contribution in [0.1, 0.15) is 20.7 Å². The molecule has 7 heteroatoms. The maximum absolute atomic E-state index is 13.5. The summed E-state index contributed by atoms with van der Waals surface area (Å²) in [5, 5.41) is 2.08. The van der Waals surface area contributed by atoms with Crippen LogP contribution < -0.4 is 5.32 Å². The van der Waals surface area contributed by atoms with Crippen LogP contribution in [-0.4, -0.2) is 16.0 Å². The molecule has 0 bridgehead atoms. The molecule has 84 valence electrons. The lowest BCUT2D eigenvalue weighted by Crippen LogP contribution is -2.20. The molecule has 0 saturated carbocycles. The zero-order valence-electron chi connectivity index (χ0n) is 7.59. The molecular weight excluding hydrogens is 276 g/mol. The number of halogens is 3. The summed E-state index contributed by atoms with van der Waals surface area (Å²) in [5.74, 6) is -1.79. The molecule has 0 spiro atoms. The standard InChI is InChI=1S/C9H4Cl2FNO2S/c10-9(11)16-6-4(12)2-1-3-5(6)8(15)13-7(3)14/h1-2,9H,(H,13,14,15). The van der Waals surface area contributed by atoms with Crippen molar-refractivity contribution in [2.24, 2.45) is 0 Å². The van der Waals surface area contributed by atoms with Gasteiger partial charge in [0, 0.05) is 0 Å². The maximum Gasteiger partial charge on any atom is 0.260 e. The Labute approximate surface area is 104 Å². The van der Waals surface area contributed by atoms with E-state index in [1.165, 1.54) is 6.07 Å². The van der Waals surface area contributed by atoms with Gasteiger partial charge in [-0.2, -0.15) is 0 Å². The van der Waals surface area contributed by atoms with Gasteiger partial charge < -0.3 is 0 Å². The van der Waals surface area contributed by atoms with Crippen LogP contribution in [0.2, 0.25) is 0 Å². The van der Waals surface area contributed by atoms with E-state index in [1.807, 2.05) is 0 Å². The Morgan fingerprint density at radius 3 is 2.56 bits per heavy atom. The second-order valence-corrected chi connectivity index (χ2v) is 5.69. The van der Waals surface area contributed by atoms with Crippen molar-refractivity contribution in [2.45, 2.75) is 9.06 Å². The Balaban J connectivity index is 2.60. The first-order chi connectivity index (χ1) is 7.50. The Bertz CT molecular complexity index is 493. The van der Waals surface area contributed by atoms with Gasteiger partial charge in [-0.05, 0) is 12.1 Å². The number of thioether (sulfide) groups is 1. The van der Waals surface area contributed by atoms with Crippen molar-refractivity contribution in [3.8, 4) is 0 Å². The minimum atomic E-state index is -0.912. The van der Waals surface area contributed by atoms with E-state index in [-0.39, 0.29) is 16.0 Å². The summed E-state index contributed by atoms with van der Waals surface area (Å²) in [7, 11) is 0.